The van der Waals surface area contributed by atoms with Crippen molar-refractivity contribution >= 4 is 37.8 Å². The Morgan fingerprint density at radius 2 is 2.24 bits per heavy atom. The molecule has 1 unspecified atom stereocenters. The molecule has 0 radical (unpaired) electrons. The number of hydrogen-bond donors (Lipinski definition) is 2. The molecular weight excluding hydrogens is 354 g/mol. The van der Waals surface area contributed by atoms with Crippen molar-refractivity contribution in [2.24, 2.45) is 0 Å². The van der Waals surface area contributed by atoms with Gasteiger partial charge < -0.3 is 15.2 Å². The number of halogens is 2. The lowest BCUT2D eigenvalue weighted by atomic mass is 10.2. The summed E-state index contributed by atoms with van der Waals surface area (Å²) in [6, 6.07) is 4.87. The summed E-state index contributed by atoms with van der Waals surface area (Å²) in [5.74, 6) is -0.250. The summed E-state index contributed by atoms with van der Waals surface area (Å²) in [4.78, 5) is 11.9. The Labute approximate surface area is 117 Å². The molecule has 1 aromatic carbocycles. The number of aliphatic hydroxyl groups excluding tert-OH is 1. The lowest BCUT2D eigenvalue weighted by molar-refractivity contribution is 0.0839. The molecule has 4 nitrogen and oxygen atoms in total. The third-order valence-corrected chi connectivity index (χ3v) is 3.25. The van der Waals surface area contributed by atoms with Crippen LogP contribution in [-0.4, -0.2) is 37.4 Å². The van der Waals surface area contributed by atoms with Crippen LogP contribution in [0.15, 0.2) is 27.1 Å². The number of carbonyl (C=O) groups excluding carboxylic acids is 1. The quantitative estimate of drug-likeness (QED) is 0.837. The number of amides is 1. The fourth-order valence-electron chi connectivity index (χ4n) is 1.28. The van der Waals surface area contributed by atoms with Crippen molar-refractivity contribution in [3.63, 3.8) is 0 Å². The Hall–Kier alpha value is -0.430. The average molecular weight is 367 g/mol. The molecule has 1 amide bonds. The number of rotatable bonds is 5. The van der Waals surface area contributed by atoms with E-state index in [0.29, 0.717) is 10.0 Å². The van der Waals surface area contributed by atoms with Gasteiger partial charge in [0.1, 0.15) is 0 Å². The second-order valence-electron chi connectivity index (χ2n) is 3.43. The number of hydrogen-bond acceptors (Lipinski definition) is 3. The number of ether oxygens (including phenoxy) is 1. The maximum absolute atomic E-state index is 11.9. The summed E-state index contributed by atoms with van der Waals surface area (Å²) in [5.41, 5.74) is 0.516. The zero-order chi connectivity index (χ0) is 12.8. The fraction of sp³-hybridized carbons (Fsp3) is 0.364. The lowest BCUT2D eigenvalue weighted by Crippen LogP contribution is -2.40. The smallest absolute Gasteiger partial charge is 0.252 e. The van der Waals surface area contributed by atoms with Crippen LogP contribution >= 0.6 is 31.9 Å². The predicted octanol–water partition coefficient (Wildman–Crippen LogP) is 1.95. The van der Waals surface area contributed by atoms with Crippen molar-refractivity contribution in [2.45, 2.75) is 6.04 Å². The molecule has 1 aromatic rings. The van der Waals surface area contributed by atoms with Gasteiger partial charge >= 0.3 is 0 Å². The summed E-state index contributed by atoms with van der Waals surface area (Å²) in [5, 5.41) is 11.7. The van der Waals surface area contributed by atoms with Gasteiger partial charge in [-0.3, -0.25) is 4.79 Å². The van der Waals surface area contributed by atoms with Gasteiger partial charge in [-0.2, -0.15) is 0 Å². The molecule has 0 aliphatic carbocycles. The number of methoxy groups -OCH3 is 1. The highest BCUT2D eigenvalue weighted by atomic mass is 79.9. The minimum Gasteiger partial charge on any atom is -0.394 e. The molecule has 0 saturated carbocycles. The first kappa shape index (κ1) is 14.6. The summed E-state index contributed by atoms with van der Waals surface area (Å²) >= 11 is 6.63. The largest absolute Gasteiger partial charge is 0.394 e. The Morgan fingerprint density at radius 3 is 2.76 bits per heavy atom. The molecule has 0 spiro atoms. The second kappa shape index (κ2) is 7.10. The van der Waals surface area contributed by atoms with Crippen LogP contribution in [0.3, 0.4) is 0 Å². The van der Waals surface area contributed by atoms with E-state index in [9.17, 15) is 4.79 Å². The summed E-state index contributed by atoms with van der Waals surface area (Å²) in [6.07, 6.45) is 0. The highest BCUT2D eigenvalue weighted by molar-refractivity contribution is 9.11. The predicted molar refractivity (Wildman–Crippen MR) is 72.1 cm³/mol. The van der Waals surface area contributed by atoms with Crippen LogP contribution in [0, 0.1) is 0 Å². The number of benzene rings is 1. The van der Waals surface area contributed by atoms with E-state index < -0.39 is 6.04 Å². The standard InChI is InChI=1S/C11H13Br2NO3/c1-17-6-8(5-15)14-11(16)9-3-2-7(12)4-10(9)13/h2-4,8,15H,5-6H2,1H3,(H,14,16). The van der Waals surface area contributed by atoms with Gasteiger partial charge in [0.25, 0.3) is 5.91 Å². The van der Waals surface area contributed by atoms with Gasteiger partial charge in [-0.25, -0.2) is 0 Å². The first-order valence-electron chi connectivity index (χ1n) is 4.94. The zero-order valence-electron chi connectivity index (χ0n) is 9.24. The zero-order valence-corrected chi connectivity index (χ0v) is 12.4. The van der Waals surface area contributed by atoms with Crippen LogP contribution < -0.4 is 5.32 Å². The molecule has 0 heterocycles. The van der Waals surface area contributed by atoms with Crippen LogP contribution in [0.1, 0.15) is 10.4 Å². The third-order valence-electron chi connectivity index (χ3n) is 2.10. The molecule has 6 heteroatoms. The van der Waals surface area contributed by atoms with Gasteiger partial charge in [-0.1, -0.05) is 15.9 Å². The van der Waals surface area contributed by atoms with Gasteiger partial charge in [0.15, 0.2) is 0 Å². The van der Waals surface area contributed by atoms with Crippen molar-refractivity contribution in [1.29, 1.82) is 0 Å². The number of aliphatic hydroxyl groups is 1. The minimum atomic E-state index is -0.400. The monoisotopic (exact) mass is 365 g/mol. The molecule has 0 fully saturated rings. The van der Waals surface area contributed by atoms with Crippen LogP contribution in [-0.2, 0) is 4.74 Å². The molecule has 0 saturated heterocycles. The molecule has 1 atom stereocenters. The molecule has 0 aliphatic rings. The van der Waals surface area contributed by atoms with Crippen molar-refractivity contribution in [1.82, 2.24) is 5.32 Å². The molecule has 17 heavy (non-hydrogen) atoms. The van der Waals surface area contributed by atoms with E-state index in [0.717, 1.165) is 4.47 Å². The second-order valence-corrected chi connectivity index (χ2v) is 5.20. The third kappa shape index (κ3) is 4.39. The summed E-state index contributed by atoms with van der Waals surface area (Å²) in [7, 11) is 1.52. The Morgan fingerprint density at radius 1 is 1.53 bits per heavy atom. The van der Waals surface area contributed by atoms with Gasteiger partial charge in [0, 0.05) is 16.1 Å². The van der Waals surface area contributed by atoms with Crippen molar-refractivity contribution < 1.29 is 14.6 Å². The van der Waals surface area contributed by atoms with Crippen molar-refractivity contribution in [2.75, 3.05) is 20.3 Å². The van der Waals surface area contributed by atoms with E-state index in [4.69, 9.17) is 9.84 Å². The van der Waals surface area contributed by atoms with Gasteiger partial charge in [-0.05, 0) is 34.1 Å². The summed E-state index contributed by atoms with van der Waals surface area (Å²) in [6.45, 7) is 0.115. The van der Waals surface area contributed by atoms with Crippen molar-refractivity contribution in [3.05, 3.63) is 32.7 Å². The van der Waals surface area contributed by atoms with Crippen LogP contribution in [0.4, 0.5) is 0 Å². The average Bonchev–Trinajstić information content (AvgIpc) is 2.28. The Balaban J connectivity index is 2.75. The van der Waals surface area contributed by atoms with Crippen LogP contribution in [0.2, 0.25) is 0 Å². The molecule has 94 valence electrons. The van der Waals surface area contributed by atoms with Crippen molar-refractivity contribution in [3.8, 4) is 0 Å². The highest BCUT2D eigenvalue weighted by Gasteiger charge is 2.15. The molecular formula is C11H13Br2NO3. The topological polar surface area (TPSA) is 58.6 Å². The van der Waals surface area contributed by atoms with E-state index in [1.165, 1.54) is 7.11 Å². The Kier molecular flexibility index (Phi) is 6.11. The first-order chi connectivity index (χ1) is 8.08. The summed E-state index contributed by atoms with van der Waals surface area (Å²) < 4.78 is 6.47. The lowest BCUT2D eigenvalue weighted by Gasteiger charge is -2.15. The van der Waals surface area contributed by atoms with E-state index in [1.54, 1.807) is 18.2 Å². The number of nitrogens with one attached hydrogen (secondary N) is 1. The number of carbonyl (C=O) groups is 1. The van der Waals surface area contributed by atoms with Gasteiger partial charge in [0.05, 0.1) is 24.8 Å². The Bertz CT molecular complexity index is 398. The van der Waals surface area contributed by atoms with Gasteiger partial charge in [0.2, 0.25) is 0 Å². The van der Waals surface area contributed by atoms with Gasteiger partial charge in [-0.15, -0.1) is 0 Å². The van der Waals surface area contributed by atoms with E-state index in [2.05, 4.69) is 37.2 Å². The van der Waals surface area contributed by atoms with Crippen LogP contribution in [0.25, 0.3) is 0 Å². The van der Waals surface area contributed by atoms with E-state index in [1.807, 2.05) is 0 Å². The molecule has 0 aliphatic heterocycles. The normalized spacial score (nSPS) is 12.2. The molecule has 1 rings (SSSR count). The minimum absolute atomic E-state index is 0.159. The molecule has 2 N–H and O–H groups in total. The maximum atomic E-state index is 11.9. The SMILES string of the molecule is COCC(CO)NC(=O)c1ccc(Br)cc1Br. The molecule has 0 bridgehead atoms. The van der Waals surface area contributed by atoms with Crippen LogP contribution in [0.5, 0.6) is 0 Å². The molecule has 0 aromatic heterocycles. The van der Waals surface area contributed by atoms with E-state index >= 15 is 0 Å². The maximum Gasteiger partial charge on any atom is 0.252 e. The fourth-order valence-corrected chi connectivity index (χ4v) is 2.51. The first-order valence-corrected chi connectivity index (χ1v) is 6.52. The highest BCUT2D eigenvalue weighted by Crippen LogP contribution is 2.21. The van der Waals surface area contributed by atoms with E-state index in [-0.39, 0.29) is 19.1 Å².